The topological polar surface area (TPSA) is 53.5 Å². The molecule has 0 aromatic carbocycles. The Morgan fingerprint density at radius 1 is 1.06 bits per heavy atom. The van der Waals surface area contributed by atoms with Gasteiger partial charge in [-0.2, -0.15) is 0 Å². The van der Waals surface area contributed by atoms with E-state index in [0.717, 1.165) is 0 Å². The van der Waals surface area contributed by atoms with Crippen molar-refractivity contribution in [1.29, 1.82) is 0 Å². The lowest BCUT2D eigenvalue weighted by molar-refractivity contribution is 0.00578. The molecule has 1 aromatic rings. The van der Waals surface area contributed by atoms with Crippen molar-refractivity contribution in [3.05, 3.63) is 12.4 Å². The van der Waals surface area contributed by atoms with Crippen molar-refractivity contribution in [1.82, 2.24) is 9.97 Å². The number of hydrogen-bond donors (Lipinski definition) is 0. The molecule has 0 unspecified atom stereocenters. The zero-order valence-corrected chi connectivity index (χ0v) is 10.9. The summed E-state index contributed by atoms with van der Waals surface area (Å²) in [6, 6.07) is 0. The van der Waals surface area contributed by atoms with Crippen LogP contribution in [0, 0.1) is 0 Å². The lowest BCUT2D eigenvalue weighted by Gasteiger charge is -2.32. The molecule has 5 nitrogen and oxygen atoms in total. The van der Waals surface area contributed by atoms with Gasteiger partial charge >= 0.3 is 7.12 Å². The third kappa shape index (κ3) is 2.15. The Bertz CT molecular complexity index is 390. The summed E-state index contributed by atoms with van der Waals surface area (Å²) in [4.78, 5) is 8.35. The molecule has 0 radical (unpaired) electrons. The van der Waals surface area contributed by atoms with E-state index in [1.54, 1.807) is 19.5 Å². The number of rotatable bonds is 2. The van der Waals surface area contributed by atoms with E-state index in [9.17, 15) is 0 Å². The Balaban J connectivity index is 2.20. The minimum absolute atomic E-state index is 0.374. The van der Waals surface area contributed by atoms with E-state index >= 15 is 0 Å². The molecule has 6 heteroatoms. The molecule has 2 heterocycles. The van der Waals surface area contributed by atoms with Crippen LogP contribution in [0.4, 0.5) is 0 Å². The highest BCUT2D eigenvalue weighted by Crippen LogP contribution is 2.36. The fourth-order valence-corrected chi connectivity index (χ4v) is 1.50. The first-order chi connectivity index (χ1) is 7.86. The fraction of sp³-hybridized carbons (Fsp3) is 0.636. The third-order valence-electron chi connectivity index (χ3n) is 3.35. The zero-order chi connectivity index (χ0) is 12.7. The molecular formula is C11H17BN2O3. The number of hydrogen-bond acceptors (Lipinski definition) is 5. The molecule has 1 fully saturated rings. The summed E-state index contributed by atoms with van der Waals surface area (Å²) in [6.45, 7) is 7.99. The zero-order valence-electron chi connectivity index (χ0n) is 10.9. The fourth-order valence-electron chi connectivity index (χ4n) is 1.50. The molecule has 1 saturated heterocycles. The lowest BCUT2D eigenvalue weighted by Crippen LogP contribution is -2.41. The minimum atomic E-state index is -0.522. The Morgan fingerprint density at radius 3 is 1.94 bits per heavy atom. The van der Waals surface area contributed by atoms with Gasteiger partial charge in [-0.15, -0.1) is 0 Å². The lowest BCUT2D eigenvalue weighted by atomic mass is 9.89. The maximum atomic E-state index is 5.84. The number of methoxy groups -OCH3 is 1. The van der Waals surface area contributed by atoms with Gasteiger partial charge in [0.05, 0.1) is 30.7 Å². The summed E-state index contributed by atoms with van der Waals surface area (Å²) in [7, 11) is 1.05. The SMILES string of the molecule is COc1cnc(B2OC(C)(C)C(C)(C)O2)nc1. The monoisotopic (exact) mass is 236 g/mol. The highest BCUT2D eigenvalue weighted by Gasteiger charge is 2.53. The Hall–Kier alpha value is -1.14. The smallest absolute Gasteiger partial charge is 0.494 e. The van der Waals surface area contributed by atoms with Gasteiger partial charge in [-0.1, -0.05) is 0 Å². The van der Waals surface area contributed by atoms with Gasteiger partial charge in [0.25, 0.3) is 0 Å². The predicted octanol–water partition coefficient (Wildman–Crippen LogP) is 0.784. The van der Waals surface area contributed by atoms with Gasteiger partial charge in [-0.05, 0) is 27.7 Å². The van der Waals surface area contributed by atoms with Gasteiger partial charge in [0.2, 0.25) is 0 Å². The quantitative estimate of drug-likeness (QED) is 0.710. The highest BCUT2D eigenvalue weighted by atomic mass is 16.7. The van der Waals surface area contributed by atoms with E-state index in [1.165, 1.54) is 0 Å². The molecular weight excluding hydrogens is 219 g/mol. The molecule has 2 rings (SSSR count). The van der Waals surface area contributed by atoms with Gasteiger partial charge in [-0.25, -0.2) is 9.97 Å². The third-order valence-corrected chi connectivity index (χ3v) is 3.35. The average Bonchev–Trinajstić information content (AvgIpc) is 2.48. The molecule has 0 amide bonds. The van der Waals surface area contributed by atoms with Crippen LogP contribution in [0.25, 0.3) is 0 Å². The Labute approximate surface area is 102 Å². The summed E-state index contributed by atoms with van der Waals surface area (Å²) >= 11 is 0. The van der Waals surface area contributed by atoms with Gasteiger partial charge in [-0.3, -0.25) is 0 Å². The van der Waals surface area contributed by atoms with Gasteiger partial charge in [0.15, 0.2) is 11.5 Å². The van der Waals surface area contributed by atoms with E-state index in [0.29, 0.717) is 11.5 Å². The van der Waals surface area contributed by atoms with Crippen LogP contribution in [0.2, 0.25) is 0 Å². The van der Waals surface area contributed by atoms with Crippen LogP contribution in [-0.4, -0.2) is 35.4 Å². The molecule has 0 spiro atoms. The van der Waals surface area contributed by atoms with Crippen molar-refractivity contribution in [2.45, 2.75) is 38.9 Å². The molecule has 1 aliphatic rings. The second-order valence-electron chi connectivity index (χ2n) is 5.07. The summed E-state index contributed by atoms with van der Waals surface area (Å²) < 4.78 is 16.7. The van der Waals surface area contributed by atoms with Crippen LogP contribution in [-0.2, 0) is 9.31 Å². The van der Waals surface area contributed by atoms with E-state index < -0.39 is 7.12 Å². The molecule has 0 bridgehead atoms. The van der Waals surface area contributed by atoms with Crippen LogP contribution in [0.3, 0.4) is 0 Å². The van der Waals surface area contributed by atoms with Crippen molar-refractivity contribution in [2.75, 3.05) is 7.11 Å². The molecule has 0 atom stereocenters. The first-order valence-corrected chi connectivity index (χ1v) is 5.57. The average molecular weight is 236 g/mol. The highest BCUT2D eigenvalue weighted by molar-refractivity contribution is 6.60. The number of aromatic nitrogens is 2. The minimum Gasteiger partial charge on any atom is -0.494 e. The molecule has 17 heavy (non-hydrogen) atoms. The van der Waals surface area contributed by atoms with Gasteiger partial charge in [0.1, 0.15) is 0 Å². The first kappa shape index (κ1) is 12.3. The van der Waals surface area contributed by atoms with Crippen LogP contribution < -0.4 is 10.5 Å². The molecule has 1 aromatic heterocycles. The summed E-state index contributed by atoms with van der Waals surface area (Å²) in [5, 5.41) is 0. The van der Waals surface area contributed by atoms with E-state index in [4.69, 9.17) is 14.0 Å². The maximum Gasteiger partial charge on any atom is 0.534 e. The number of ether oxygens (including phenoxy) is 1. The Morgan fingerprint density at radius 2 is 1.53 bits per heavy atom. The Kier molecular flexibility index (Phi) is 2.87. The molecule has 0 aliphatic carbocycles. The first-order valence-electron chi connectivity index (χ1n) is 5.57. The van der Waals surface area contributed by atoms with Crippen molar-refractivity contribution in [2.24, 2.45) is 0 Å². The van der Waals surface area contributed by atoms with Crippen LogP contribution in [0.15, 0.2) is 12.4 Å². The summed E-state index contributed by atoms with van der Waals surface area (Å²) in [6.07, 6.45) is 3.21. The van der Waals surface area contributed by atoms with E-state index in [1.807, 2.05) is 27.7 Å². The van der Waals surface area contributed by atoms with E-state index in [2.05, 4.69) is 9.97 Å². The van der Waals surface area contributed by atoms with Crippen molar-refractivity contribution >= 4 is 12.8 Å². The molecule has 0 N–H and O–H groups in total. The van der Waals surface area contributed by atoms with Gasteiger partial charge < -0.3 is 14.0 Å². The van der Waals surface area contributed by atoms with Crippen molar-refractivity contribution in [3.63, 3.8) is 0 Å². The van der Waals surface area contributed by atoms with Crippen molar-refractivity contribution in [3.8, 4) is 5.75 Å². The second kappa shape index (κ2) is 3.96. The second-order valence-corrected chi connectivity index (χ2v) is 5.07. The van der Waals surface area contributed by atoms with Gasteiger partial charge in [0, 0.05) is 0 Å². The number of nitrogens with zero attached hydrogens (tertiary/aromatic N) is 2. The predicted molar refractivity (Wildman–Crippen MR) is 64.3 cm³/mol. The van der Waals surface area contributed by atoms with Crippen LogP contribution in [0.5, 0.6) is 5.75 Å². The van der Waals surface area contributed by atoms with Crippen LogP contribution >= 0.6 is 0 Å². The largest absolute Gasteiger partial charge is 0.534 e. The molecule has 92 valence electrons. The normalized spacial score (nSPS) is 21.6. The van der Waals surface area contributed by atoms with Crippen LogP contribution in [0.1, 0.15) is 27.7 Å². The maximum absolute atomic E-state index is 5.84. The standard InChI is InChI=1S/C11H17BN2O3/c1-10(2)11(3,4)17-12(16-10)9-13-6-8(15-5)7-14-9/h6-7H,1-5H3. The molecule has 1 aliphatic heterocycles. The molecule has 0 saturated carbocycles. The summed E-state index contributed by atoms with van der Waals surface area (Å²) in [5.41, 5.74) is -0.230. The van der Waals surface area contributed by atoms with E-state index in [-0.39, 0.29) is 11.2 Å². The van der Waals surface area contributed by atoms with Crippen molar-refractivity contribution < 1.29 is 14.0 Å². The summed E-state index contributed by atoms with van der Waals surface area (Å²) in [5.74, 6) is 0.616.